The van der Waals surface area contributed by atoms with E-state index < -0.39 is 0 Å². The van der Waals surface area contributed by atoms with Crippen LogP contribution in [0, 0.1) is 0 Å². The molecule has 1 saturated heterocycles. The van der Waals surface area contributed by atoms with Crippen molar-refractivity contribution in [1.29, 1.82) is 0 Å². The first kappa shape index (κ1) is 19.1. The van der Waals surface area contributed by atoms with E-state index in [0.717, 1.165) is 11.0 Å². The molecule has 29 heavy (non-hydrogen) atoms. The topological polar surface area (TPSA) is 80.6 Å². The second-order valence-corrected chi connectivity index (χ2v) is 6.99. The largest absolute Gasteiger partial charge is 0.378 e. The summed E-state index contributed by atoms with van der Waals surface area (Å²) in [6.07, 6.45) is 3.19. The second kappa shape index (κ2) is 8.40. The number of carbonyl (C=O) groups is 2. The van der Waals surface area contributed by atoms with Crippen molar-refractivity contribution in [2.45, 2.75) is 13.1 Å². The first-order valence-corrected chi connectivity index (χ1v) is 9.58. The zero-order chi connectivity index (χ0) is 20.2. The van der Waals surface area contributed by atoms with Crippen LogP contribution in [0.3, 0.4) is 0 Å². The third-order valence-electron chi connectivity index (χ3n) is 5.04. The van der Waals surface area contributed by atoms with E-state index in [1.54, 1.807) is 36.5 Å². The fourth-order valence-electron chi connectivity index (χ4n) is 3.47. The van der Waals surface area contributed by atoms with Gasteiger partial charge in [0, 0.05) is 38.1 Å². The highest BCUT2D eigenvalue weighted by molar-refractivity contribution is 5.93. The van der Waals surface area contributed by atoms with Gasteiger partial charge in [-0.2, -0.15) is 0 Å². The summed E-state index contributed by atoms with van der Waals surface area (Å²) in [5.74, 6) is 0.587. The Bertz CT molecular complexity index is 1010. The Morgan fingerprint density at radius 2 is 1.83 bits per heavy atom. The van der Waals surface area contributed by atoms with Gasteiger partial charge in [0.1, 0.15) is 12.4 Å². The number of morpholine rings is 1. The summed E-state index contributed by atoms with van der Waals surface area (Å²) in [5.41, 5.74) is 2.26. The number of pyridine rings is 1. The van der Waals surface area contributed by atoms with Gasteiger partial charge in [0.2, 0.25) is 5.91 Å². The lowest BCUT2D eigenvalue weighted by Crippen LogP contribution is -2.42. The number of carbonyl (C=O) groups excluding carboxylic acids is 2. The van der Waals surface area contributed by atoms with Crippen LogP contribution in [0.5, 0.6) is 0 Å². The van der Waals surface area contributed by atoms with Gasteiger partial charge in [-0.15, -0.1) is 0 Å². The van der Waals surface area contributed by atoms with Crippen molar-refractivity contribution in [2.24, 2.45) is 0 Å². The fourth-order valence-corrected chi connectivity index (χ4v) is 3.47. The van der Waals surface area contributed by atoms with Crippen LogP contribution in [0.15, 0.2) is 48.8 Å². The Labute approximate surface area is 168 Å². The smallest absolute Gasteiger partial charge is 0.254 e. The predicted molar refractivity (Wildman–Crippen MR) is 107 cm³/mol. The normalized spacial score (nSPS) is 14.2. The van der Waals surface area contributed by atoms with Crippen LogP contribution >= 0.6 is 0 Å². The first-order valence-electron chi connectivity index (χ1n) is 9.58. The summed E-state index contributed by atoms with van der Waals surface area (Å²) >= 11 is 0. The summed E-state index contributed by atoms with van der Waals surface area (Å²) in [5, 5.41) is 0. The quantitative estimate of drug-likeness (QED) is 0.657. The van der Waals surface area contributed by atoms with Crippen molar-refractivity contribution in [1.82, 2.24) is 24.3 Å². The molecule has 0 bridgehead atoms. The highest BCUT2D eigenvalue weighted by Gasteiger charge is 2.22. The molecule has 2 amide bonds. The van der Waals surface area contributed by atoms with Gasteiger partial charge in [0.15, 0.2) is 0 Å². The minimum Gasteiger partial charge on any atom is -0.378 e. The molecule has 0 atom stereocenters. The lowest BCUT2D eigenvalue weighted by Gasteiger charge is -2.27. The summed E-state index contributed by atoms with van der Waals surface area (Å²) in [6, 6.07) is 11.1. The van der Waals surface area contributed by atoms with Crippen molar-refractivity contribution in [2.75, 3.05) is 33.4 Å². The molecule has 0 aliphatic carbocycles. The number of hydrogen-bond donors (Lipinski definition) is 0. The number of aromatic nitrogens is 3. The molecular formula is C21H23N5O3. The third-order valence-corrected chi connectivity index (χ3v) is 5.04. The zero-order valence-electron chi connectivity index (χ0n) is 16.3. The van der Waals surface area contributed by atoms with E-state index in [0.29, 0.717) is 44.2 Å². The maximum Gasteiger partial charge on any atom is 0.254 e. The van der Waals surface area contributed by atoms with Crippen LogP contribution < -0.4 is 0 Å². The molecule has 8 heteroatoms. The van der Waals surface area contributed by atoms with Crippen LogP contribution in [-0.2, 0) is 22.6 Å². The minimum absolute atomic E-state index is 0.0285. The average molecular weight is 393 g/mol. The number of nitrogens with zero attached hydrogens (tertiary/aromatic N) is 5. The standard InChI is InChI=1S/C21H23N5O3/c1-24(21(28)16-6-8-22-9-7-16)14-19-23-17-4-2-3-5-18(17)26(19)15-20(27)25-10-12-29-13-11-25/h2-9H,10-15H2,1H3. The summed E-state index contributed by atoms with van der Waals surface area (Å²) < 4.78 is 7.24. The third kappa shape index (κ3) is 4.12. The van der Waals surface area contributed by atoms with Crippen molar-refractivity contribution < 1.29 is 14.3 Å². The number of para-hydroxylation sites is 2. The molecule has 1 fully saturated rings. The van der Waals surface area contributed by atoms with E-state index in [4.69, 9.17) is 4.74 Å². The molecule has 8 nitrogen and oxygen atoms in total. The minimum atomic E-state index is -0.120. The van der Waals surface area contributed by atoms with E-state index in [1.165, 1.54) is 0 Å². The number of rotatable bonds is 5. The molecule has 2 aromatic heterocycles. The van der Waals surface area contributed by atoms with Crippen molar-refractivity contribution >= 4 is 22.8 Å². The Kier molecular flexibility index (Phi) is 5.53. The van der Waals surface area contributed by atoms with E-state index in [9.17, 15) is 9.59 Å². The molecular weight excluding hydrogens is 370 g/mol. The molecule has 3 heterocycles. The van der Waals surface area contributed by atoms with E-state index in [-0.39, 0.29) is 18.4 Å². The molecule has 0 spiro atoms. The van der Waals surface area contributed by atoms with Gasteiger partial charge in [0.05, 0.1) is 30.8 Å². The van der Waals surface area contributed by atoms with Crippen molar-refractivity contribution in [3.8, 4) is 0 Å². The zero-order valence-corrected chi connectivity index (χ0v) is 16.3. The van der Waals surface area contributed by atoms with Gasteiger partial charge >= 0.3 is 0 Å². The Hall–Kier alpha value is -3.26. The molecule has 3 aromatic rings. The number of fused-ring (bicyclic) bond motifs is 1. The van der Waals surface area contributed by atoms with E-state index >= 15 is 0 Å². The van der Waals surface area contributed by atoms with Crippen LogP contribution in [0.1, 0.15) is 16.2 Å². The number of imidazole rings is 1. The SMILES string of the molecule is CN(Cc1nc2ccccc2n1CC(=O)N1CCOCC1)C(=O)c1ccncc1. The lowest BCUT2D eigenvalue weighted by atomic mass is 10.2. The van der Waals surface area contributed by atoms with Crippen LogP contribution in [0.2, 0.25) is 0 Å². The lowest BCUT2D eigenvalue weighted by molar-refractivity contribution is -0.135. The molecule has 1 aliphatic heterocycles. The highest BCUT2D eigenvalue weighted by atomic mass is 16.5. The van der Waals surface area contributed by atoms with Gasteiger partial charge < -0.3 is 19.1 Å². The van der Waals surface area contributed by atoms with Crippen LogP contribution in [-0.4, -0.2) is 69.5 Å². The Balaban J connectivity index is 1.59. The Morgan fingerprint density at radius 1 is 1.10 bits per heavy atom. The van der Waals surface area contributed by atoms with E-state index in [2.05, 4.69) is 9.97 Å². The average Bonchev–Trinajstić information content (AvgIpc) is 3.11. The van der Waals surface area contributed by atoms with Crippen molar-refractivity contribution in [3.63, 3.8) is 0 Å². The van der Waals surface area contributed by atoms with Gasteiger partial charge in [-0.05, 0) is 24.3 Å². The molecule has 4 rings (SSSR count). The predicted octanol–water partition coefficient (Wildman–Crippen LogP) is 1.56. The van der Waals surface area contributed by atoms with Gasteiger partial charge in [0.25, 0.3) is 5.91 Å². The molecule has 0 unspecified atom stereocenters. The molecule has 150 valence electrons. The monoisotopic (exact) mass is 393 g/mol. The molecule has 1 aliphatic rings. The van der Waals surface area contributed by atoms with Gasteiger partial charge in [-0.1, -0.05) is 12.1 Å². The number of benzene rings is 1. The first-order chi connectivity index (χ1) is 14.1. The van der Waals surface area contributed by atoms with Gasteiger partial charge in [-0.25, -0.2) is 4.98 Å². The summed E-state index contributed by atoms with van der Waals surface area (Å²) in [6.45, 7) is 2.81. The number of ether oxygens (including phenoxy) is 1. The van der Waals surface area contributed by atoms with Crippen molar-refractivity contribution in [3.05, 3.63) is 60.2 Å². The molecule has 0 saturated carbocycles. The second-order valence-electron chi connectivity index (χ2n) is 6.99. The Morgan fingerprint density at radius 3 is 2.59 bits per heavy atom. The summed E-state index contributed by atoms with van der Waals surface area (Å²) in [4.78, 5) is 37.6. The van der Waals surface area contributed by atoms with Crippen LogP contribution in [0.4, 0.5) is 0 Å². The molecule has 0 radical (unpaired) electrons. The molecule has 0 N–H and O–H groups in total. The number of hydrogen-bond acceptors (Lipinski definition) is 5. The van der Waals surface area contributed by atoms with Gasteiger partial charge in [-0.3, -0.25) is 14.6 Å². The highest BCUT2D eigenvalue weighted by Crippen LogP contribution is 2.18. The molecule has 1 aromatic carbocycles. The van der Waals surface area contributed by atoms with E-state index in [1.807, 2.05) is 33.7 Å². The number of amides is 2. The maximum atomic E-state index is 12.8. The summed E-state index contributed by atoms with van der Waals surface area (Å²) in [7, 11) is 1.73. The maximum absolute atomic E-state index is 12.8. The van der Waals surface area contributed by atoms with Crippen LogP contribution in [0.25, 0.3) is 11.0 Å². The fraction of sp³-hybridized carbons (Fsp3) is 0.333.